The van der Waals surface area contributed by atoms with Gasteiger partial charge in [-0.2, -0.15) is 0 Å². The normalized spacial score (nSPS) is 23.8. The molecule has 0 aromatic rings. The van der Waals surface area contributed by atoms with Gasteiger partial charge in [-0.3, -0.25) is 4.79 Å². The van der Waals surface area contributed by atoms with Gasteiger partial charge in [0.15, 0.2) is 0 Å². The molecule has 4 heteroatoms. The minimum atomic E-state index is -1.21. The first kappa shape index (κ1) is 7.78. The predicted molar refractivity (Wildman–Crippen MR) is 37.8 cm³/mol. The summed E-state index contributed by atoms with van der Waals surface area (Å²) in [6.07, 6.45) is 2.03. The van der Waals surface area contributed by atoms with E-state index in [0.717, 1.165) is 4.90 Å². The first-order valence-electron chi connectivity index (χ1n) is 3.18. The molecule has 0 bridgehead atoms. The maximum absolute atomic E-state index is 10.8. The molecule has 59 valence electrons. The van der Waals surface area contributed by atoms with Crippen molar-refractivity contribution in [1.29, 1.82) is 0 Å². The number of imide groups is 1. The average molecular weight is 154 g/mol. The molecule has 1 unspecified atom stereocenters. The standard InChI is InChI=1S/C7H8NO3/c1-2-5-3-4-6(9)8(5)7(10)11/h2,4-5H,1,3H2,(H,10,11). The van der Waals surface area contributed by atoms with E-state index < -0.39 is 12.0 Å². The molecule has 0 spiro atoms. The number of likely N-dealkylation sites (tertiary alicyclic amines) is 1. The number of amides is 2. The maximum atomic E-state index is 10.8. The zero-order valence-corrected chi connectivity index (χ0v) is 5.86. The Morgan fingerprint density at radius 2 is 2.55 bits per heavy atom. The molecule has 0 aromatic carbocycles. The summed E-state index contributed by atoms with van der Waals surface area (Å²) < 4.78 is 0. The van der Waals surface area contributed by atoms with Crippen molar-refractivity contribution in [2.75, 3.05) is 0 Å². The number of carbonyl (C=O) groups excluding carboxylic acids is 1. The van der Waals surface area contributed by atoms with Crippen LogP contribution in [-0.2, 0) is 4.79 Å². The van der Waals surface area contributed by atoms with Crippen LogP contribution in [-0.4, -0.2) is 28.0 Å². The molecule has 1 rings (SSSR count). The summed E-state index contributed by atoms with van der Waals surface area (Å²) >= 11 is 0. The van der Waals surface area contributed by atoms with Crippen molar-refractivity contribution < 1.29 is 14.7 Å². The molecule has 4 nitrogen and oxygen atoms in total. The third kappa shape index (κ3) is 1.24. The molecule has 1 heterocycles. The highest BCUT2D eigenvalue weighted by Gasteiger charge is 2.33. The predicted octanol–water partition coefficient (Wildman–Crippen LogP) is 0.656. The Hall–Kier alpha value is -1.32. The number of hydrogen-bond donors (Lipinski definition) is 1. The first-order valence-corrected chi connectivity index (χ1v) is 3.18. The van der Waals surface area contributed by atoms with E-state index in [2.05, 4.69) is 6.58 Å². The van der Waals surface area contributed by atoms with E-state index in [0.29, 0.717) is 6.42 Å². The average Bonchev–Trinajstić information content (AvgIpc) is 2.30. The zero-order valence-electron chi connectivity index (χ0n) is 5.86. The van der Waals surface area contributed by atoms with E-state index in [1.165, 1.54) is 12.5 Å². The molecule has 0 aromatic heterocycles. The number of carboxylic acid groups (broad SMARTS) is 1. The lowest BCUT2D eigenvalue weighted by molar-refractivity contribution is -0.123. The molecule has 0 aliphatic carbocycles. The lowest BCUT2D eigenvalue weighted by Crippen LogP contribution is -2.36. The van der Waals surface area contributed by atoms with Gasteiger partial charge in [-0.25, -0.2) is 9.69 Å². The first-order chi connectivity index (χ1) is 5.16. The fourth-order valence-corrected chi connectivity index (χ4v) is 1.03. The summed E-state index contributed by atoms with van der Waals surface area (Å²) in [7, 11) is 0. The van der Waals surface area contributed by atoms with E-state index in [4.69, 9.17) is 5.11 Å². The molecular weight excluding hydrogens is 146 g/mol. The molecule has 1 radical (unpaired) electrons. The fourth-order valence-electron chi connectivity index (χ4n) is 1.03. The van der Waals surface area contributed by atoms with E-state index in [1.807, 2.05) is 0 Å². The van der Waals surface area contributed by atoms with Crippen LogP contribution in [0.2, 0.25) is 0 Å². The summed E-state index contributed by atoms with van der Waals surface area (Å²) in [6, 6.07) is -0.375. The van der Waals surface area contributed by atoms with Crippen molar-refractivity contribution in [1.82, 2.24) is 4.90 Å². The molecule has 0 saturated carbocycles. The van der Waals surface area contributed by atoms with Crippen molar-refractivity contribution >= 4 is 12.0 Å². The summed E-state index contributed by atoms with van der Waals surface area (Å²) in [6.45, 7) is 3.43. The minimum Gasteiger partial charge on any atom is -0.465 e. The molecule has 1 N–H and O–H groups in total. The Labute approximate surface area is 64.1 Å². The Morgan fingerprint density at radius 3 is 2.91 bits per heavy atom. The molecule has 1 aliphatic heterocycles. The van der Waals surface area contributed by atoms with Crippen LogP contribution >= 0.6 is 0 Å². The van der Waals surface area contributed by atoms with Gasteiger partial charge in [0.25, 0.3) is 0 Å². The van der Waals surface area contributed by atoms with Gasteiger partial charge in [0, 0.05) is 0 Å². The van der Waals surface area contributed by atoms with Crippen molar-refractivity contribution in [3.8, 4) is 0 Å². The molecule has 2 amide bonds. The van der Waals surface area contributed by atoms with E-state index in [1.54, 1.807) is 0 Å². The number of hydrogen-bond acceptors (Lipinski definition) is 2. The second-order valence-electron chi connectivity index (χ2n) is 2.23. The van der Waals surface area contributed by atoms with Gasteiger partial charge in [0.2, 0.25) is 5.91 Å². The highest BCUT2D eigenvalue weighted by atomic mass is 16.4. The highest BCUT2D eigenvalue weighted by Crippen LogP contribution is 2.17. The van der Waals surface area contributed by atoms with Crippen LogP contribution in [0.1, 0.15) is 6.42 Å². The monoisotopic (exact) mass is 154 g/mol. The molecular formula is C7H8NO3. The molecule has 1 aliphatic rings. The van der Waals surface area contributed by atoms with Crippen LogP contribution in [0.15, 0.2) is 12.7 Å². The number of carbonyl (C=O) groups is 2. The van der Waals surface area contributed by atoms with Crippen molar-refractivity contribution in [3.63, 3.8) is 0 Å². The van der Waals surface area contributed by atoms with Gasteiger partial charge in [0.1, 0.15) is 0 Å². The quantitative estimate of drug-likeness (QED) is 0.564. The third-order valence-corrected chi connectivity index (χ3v) is 1.58. The summed E-state index contributed by atoms with van der Waals surface area (Å²) in [5.74, 6) is -0.456. The van der Waals surface area contributed by atoms with Crippen LogP contribution in [0, 0.1) is 6.42 Å². The largest absolute Gasteiger partial charge is 0.465 e. The topological polar surface area (TPSA) is 57.6 Å². The summed E-state index contributed by atoms with van der Waals surface area (Å²) in [5, 5.41) is 8.52. The minimum absolute atomic E-state index is 0.375. The molecule has 11 heavy (non-hydrogen) atoms. The summed E-state index contributed by atoms with van der Waals surface area (Å²) in [4.78, 5) is 22.0. The third-order valence-electron chi connectivity index (χ3n) is 1.58. The SMILES string of the molecule is C=CC1C[CH]C(=O)N1C(=O)O. The second kappa shape index (κ2) is 2.74. The van der Waals surface area contributed by atoms with Gasteiger partial charge in [-0.1, -0.05) is 6.08 Å². The molecule has 1 atom stereocenters. The van der Waals surface area contributed by atoms with Crippen molar-refractivity contribution in [2.24, 2.45) is 0 Å². The smallest absolute Gasteiger partial charge is 0.414 e. The second-order valence-corrected chi connectivity index (χ2v) is 2.23. The Bertz CT molecular complexity index is 212. The highest BCUT2D eigenvalue weighted by molar-refractivity contribution is 5.99. The lowest BCUT2D eigenvalue weighted by Gasteiger charge is -2.14. The zero-order chi connectivity index (χ0) is 8.43. The van der Waals surface area contributed by atoms with Gasteiger partial charge < -0.3 is 5.11 Å². The van der Waals surface area contributed by atoms with E-state index in [-0.39, 0.29) is 6.04 Å². The van der Waals surface area contributed by atoms with Crippen LogP contribution in [0.5, 0.6) is 0 Å². The van der Waals surface area contributed by atoms with Gasteiger partial charge in [-0.05, 0) is 6.42 Å². The van der Waals surface area contributed by atoms with Crippen LogP contribution in [0.4, 0.5) is 4.79 Å². The van der Waals surface area contributed by atoms with Gasteiger partial charge in [0.05, 0.1) is 12.5 Å². The number of nitrogens with zero attached hydrogens (tertiary/aromatic N) is 1. The Morgan fingerprint density at radius 1 is 1.91 bits per heavy atom. The van der Waals surface area contributed by atoms with Gasteiger partial charge >= 0.3 is 6.09 Å². The lowest BCUT2D eigenvalue weighted by atomic mass is 10.2. The van der Waals surface area contributed by atoms with E-state index >= 15 is 0 Å². The number of rotatable bonds is 1. The van der Waals surface area contributed by atoms with Crippen LogP contribution in [0.3, 0.4) is 0 Å². The molecule has 1 fully saturated rings. The van der Waals surface area contributed by atoms with Crippen molar-refractivity contribution in [2.45, 2.75) is 12.5 Å². The van der Waals surface area contributed by atoms with E-state index in [9.17, 15) is 9.59 Å². The van der Waals surface area contributed by atoms with Gasteiger partial charge in [-0.15, -0.1) is 6.58 Å². The van der Waals surface area contributed by atoms with Crippen molar-refractivity contribution in [3.05, 3.63) is 19.1 Å². The maximum Gasteiger partial charge on any atom is 0.414 e. The van der Waals surface area contributed by atoms with Crippen LogP contribution in [0.25, 0.3) is 0 Å². The fraction of sp³-hybridized carbons (Fsp3) is 0.286. The molecule has 1 saturated heterocycles. The summed E-state index contributed by atoms with van der Waals surface area (Å²) in [5.41, 5.74) is 0. The Kier molecular flexibility index (Phi) is 1.94. The Balaban J connectivity index is 2.79. The van der Waals surface area contributed by atoms with Crippen LogP contribution < -0.4 is 0 Å².